The lowest BCUT2D eigenvalue weighted by atomic mass is 9.52. The number of fused-ring (bicyclic) bond motifs is 2. The Morgan fingerprint density at radius 3 is 2.83 bits per heavy atom. The van der Waals surface area contributed by atoms with Crippen LogP contribution in [-0.2, 0) is 4.79 Å². The van der Waals surface area contributed by atoms with Gasteiger partial charge in [0.05, 0.1) is 0 Å². The first-order valence-electron chi connectivity index (χ1n) is 7.00. The highest BCUT2D eigenvalue weighted by Gasteiger charge is 2.53. The van der Waals surface area contributed by atoms with Crippen LogP contribution in [0.25, 0.3) is 0 Å². The van der Waals surface area contributed by atoms with E-state index in [1.165, 1.54) is 5.57 Å². The van der Waals surface area contributed by atoms with Crippen LogP contribution in [0.15, 0.2) is 37.0 Å². The van der Waals surface area contributed by atoms with Crippen molar-refractivity contribution in [1.29, 1.82) is 0 Å². The zero-order chi connectivity index (χ0) is 13.3. The predicted molar refractivity (Wildman–Crippen MR) is 76.2 cm³/mol. The summed E-state index contributed by atoms with van der Waals surface area (Å²) in [7, 11) is 0. The fourth-order valence-electron chi connectivity index (χ4n) is 3.87. The maximum atomic E-state index is 12.7. The summed E-state index contributed by atoms with van der Waals surface area (Å²) in [6.07, 6.45) is 10.3. The van der Waals surface area contributed by atoms with Crippen molar-refractivity contribution in [1.82, 2.24) is 0 Å². The van der Waals surface area contributed by atoms with E-state index in [2.05, 4.69) is 33.1 Å². The number of unbranched alkanes of at least 4 members (excludes halogenated alkanes) is 1. The monoisotopic (exact) mass is 244 g/mol. The second-order valence-corrected chi connectivity index (χ2v) is 6.09. The van der Waals surface area contributed by atoms with Crippen molar-refractivity contribution >= 4 is 5.78 Å². The highest BCUT2D eigenvalue weighted by Crippen LogP contribution is 2.54. The zero-order valence-corrected chi connectivity index (χ0v) is 11.6. The van der Waals surface area contributed by atoms with Gasteiger partial charge in [-0.2, -0.15) is 0 Å². The molecule has 0 saturated heterocycles. The predicted octanol–water partition coefficient (Wildman–Crippen LogP) is 4.32. The van der Waals surface area contributed by atoms with E-state index in [0.717, 1.165) is 25.7 Å². The van der Waals surface area contributed by atoms with Gasteiger partial charge in [-0.1, -0.05) is 30.7 Å². The highest BCUT2D eigenvalue weighted by molar-refractivity contribution is 5.91. The van der Waals surface area contributed by atoms with E-state index >= 15 is 0 Å². The highest BCUT2D eigenvalue weighted by atomic mass is 16.1. The van der Waals surface area contributed by atoms with Gasteiger partial charge in [-0.05, 0) is 44.4 Å². The van der Waals surface area contributed by atoms with Crippen LogP contribution >= 0.6 is 0 Å². The van der Waals surface area contributed by atoms with Crippen molar-refractivity contribution in [3.63, 3.8) is 0 Å². The average Bonchev–Trinajstić information content (AvgIpc) is 2.36. The summed E-state index contributed by atoms with van der Waals surface area (Å²) in [6, 6.07) is 0. The van der Waals surface area contributed by atoms with Crippen LogP contribution in [0, 0.1) is 23.2 Å². The third-order valence-electron chi connectivity index (χ3n) is 5.00. The molecular weight excluding hydrogens is 220 g/mol. The van der Waals surface area contributed by atoms with E-state index in [4.69, 9.17) is 0 Å². The third kappa shape index (κ3) is 1.90. The molecular formula is C17H24O. The number of rotatable bonds is 5. The Labute approximate surface area is 111 Å². The summed E-state index contributed by atoms with van der Waals surface area (Å²) >= 11 is 0. The molecule has 2 bridgehead atoms. The number of allylic oxidation sites excluding steroid dienone is 4. The molecule has 0 aromatic heterocycles. The van der Waals surface area contributed by atoms with Gasteiger partial charge in [0.2, 0.25) is 0 Å². The van der Waals surface area contributed by atoms with Gasteiger partial charge in [-0.15, -0.1) is 13.2 Å². The molecule has 0 radical (unpaired) electrons. The van der Waals surface area contributed by atoms with Gasteiger partial charge in [0, 0.05) is 11.3 Å². The second kappa shape index (κ2) is 4.87. The van der Waals surface area contributed by atoms with Gasteiger partial charge >= 0.3 is 0 Å². The summed E-state index contributed by atoms with van der Waals surface area (Å²) < 4.78 is 0. The Morgan fingerprint density at radius 2 is 2.22 bits per heavy atom. The molecule has 1 heteroatoms. The number of ketones is 1. The maximum Gasteiger partial charge on any atom is 0.146 e. The van der Waals surface area contributed by atoms with Gasteiger partial charge in [0.25, 0.3) is 0 Å². The minimum Gasteiger partial charge on any atom is -0.298 e. The van der Waals surface area contributed by atoms with Crippen LogP contribution in [0.3, 0.4) is 0 Å². The number of hydrogen-bond donors (Lipinski definition) is 0. The van der Waals surface area contributed by atoms with E-state index in [1.54, 1.807) is 0 Å². The molecule has 3 aliphatic carbocycles. The van der Waals surface area contributed by atoms with E-state index in [9.17, 15) is 4.79 Å². The molecule has 1 fully saturated rings. The molecule has 2 unspecified atom stereocenters. The number of hydrogen-bond acceptors (Lipinski definition) is 1. The fourth-order valence-corrected chi connectivity index (χ4v) is 3.87. The summed E-state index contributed by atoms with van der Waals surface area (Å²) in [4.78, 5) is 12.7. The van der Waals surface area contributed by atoms with E-state index in [1.807, 2.05) is 12.2 Å². The van der Waals surface area contributed by atoms with Crippen molar-refractivity contribution in [3.8, 4) is 0 Å². The van der Waals surface area contributed by atoms with E-state index in [-0.39, 0.29) is 11.3 Å². The van der Waals surface area contributed by atoms with E-state index in [0.29, 0.717) is 17.6 Å². The summed E-state index contributed by atoms with van der Waals surface area (Å²) in [5, 5.41) is 0. The molecule has 0 aromatic rings. The SMILES string of the molecule is C=CCCC[C@@]1(C)C(=O)C2C=C(C)C1C[C@@H]2C=C. The molecule has 0 amide bonds. The Bertz CT molecular complexity index is 404. The van der Waals surface area contributed by atoms with Gasteiger partial charge in [0.1, 0.15) is 5.78 Å². The lowest BCUT2D eigenvalue weighted by molar-refractivity contribution is -0.140. The van der Waals surface area contributed by atoms with Crippen molar-refractivity contribution in [2.24, 2.45) is 23.2 Å². The molecule has 0 aliphatic heterocycles. The minimum atomic E-state index is -0.147. The molecule has 98 valence electrons. The summed E-state index contributed by atoms with van der Waals surface area (Å²) in [5.41, 5.74) is 1.27. The van der Waals surface area contributed by atoms with Crippen LogP contribution in [0.5, 0.6) is 0 Å². The molecule has 0 heterocycles. The fraction of sp³-hybridized carbons (Fsp3) is 0.588. The first kappa shape index (κ1) is 13.3. The molecule has 0 aromatic carbocycles. The van der Waals surface area contributed by atoms with Crippen LogP contribution in [0.1, 0.15) is 39.5 Å². The summed E-state index contributed by atoms with van der Waals surface area (Å²) in [5.74, 6) is 1.31. The molecule has 0 N–H and O–H groups in total. The summed E-state index contributed by atoms with van der Waals surface area (Å²) in [6.45, 7) is 12.0. The van der Waals surface area contributed by atoms with Crippen LogP contribution in [0.4, 0.5) is 0 Å². The normalized spacial score (nSPS) is 38.4. The van der Waals surface area contributed by atoms with Crippen molar-refractivity contribution in [2.45, 2.75) is 39.5 Å². The third-order valence-corrected chi connectivity index (χ3v) is 5.00. The number of Topliss-reactive ketones (excluding diaryl/α,β-unsaturated/α-hetero) is 1. The van der Waals surface area contributed by atoms with Crippen molar-refractivity contribution < 1.29 is 4.79 Å². The van der Waals surface area contributed by atoms with Crippen molar-refractivity contribution in [3.05, 3.63) is 37.0 Å². The lowest BCUT2D eigenvalue weighted by Gasteiger charge is -2.50. The van der Waals surface area contributed by atoms with Gasteiger partial charge in [-0.25, -0.2) is 0 Å². The number of carbonyl (C=O) groups excluding carboxylic acids is 1. The van der Waals surface area contributed by atoms with Crippen LogP contribution < -0.4 is 0 Å². The Hall–Kier alpha value is -1.11. The first-order chi connectivity index (χ1) is 8.54. The number of carbonyl (C=O) groups is 1. The Kier molecular flexibility index (Phi) is 3.61. The maximum absolute atomic E-state index is 12.7. The lowest BCUT2D eigenvalue weighted by Crippen LogP contribution is -2.51. The Balaban J connectivity index is 2.24. The quantitative estimate of drug-likeness (QED) is 0.520. The van der Waals surface area contributed by atoms with Gasteiger partial charge < -0.3 is 0 Å². The van der Waals surface area contributed by atoms with Crippen LogP contribution in [-0.4, -0.2) is 5.78 Å². The van der Waals surface area contributed by atoms with Gasteiger partial charge in [-0.3, -0.25) is 4.79 Å². The molecule has 18 heavy (non-hydrogen) atoms. The molecule has 3 rings (SSSR count). The molecule has 4 atom stereocenters. The molecule has 0 spiro atoms. The van der Waals surface area contributed by atoms with E-state index < -0.39 is 0 Å². The molecule has 1 nitrogen and oxygen atoms in total. The Morgan fingerprint density at radius 1 is 1.50 bits per heavy atom. The average molecular weight is 244 g/mol. The van der Waals surface area contributed by atoms with Crippen LogP contribution in [0.2, 0.25) is 0 Å². The minimum absolute atomic E-state index is 0.0845. The molecule has 3 aliphatic rings. The van der Waals surface area contributed by atoms with Crippen molar-refractivity contribution in [2.75, 3.05) is 0 Å². The van der Waals surface area contributed by atoms with Gasteiger partial charge in [0.15, 0.2) is 0 Å². The second-order valence-electron chi connectivity index (χ2n) is 6.09. The molecule has 1 saturated carbocycles. The standard InChI is InChI=1S/C17H24O/c1-5-7-8-9-17(4)15-11-13(6-2)14(16(17)18)10-12(15)3/h5-6,10,13-15H,1-2,7-9,11H2,3-4H3/t13-,14?,15?,17+/m0/s1. The zero-order valence-electron chi connectivity index (χ0n) is 11.6. The largest absolute Gasteiger partial charge is 0.298 e. The topological polar surface area (TPSA) is 17.1 Å². The first-order valence-corrected chi connectivity index (χ1v) is 7.00. The smallest absolute Gasteiger partial charge is 0.146 e.